The second-order valence-electron chi connectivity index (χ2n) is 5.72. The number of aromatic nitrogens is 1. The van der Waals surface area contributed by atoms with Crippen LogP contribution in [0.4, 0.5) is 4.39 Å². The highest BCUT2D eigenvalue weighted by Gasteiger charge is 2.28. The van der Waals surface area contributed by atoms with Gasteiger partial charge >= 0.3 is 0 Å². The van der Waals surface area contributed by atoms with Crippen LogP contribution in [0.5, 0.6) is 0 Å². The lowest BCUT2D eigenvalue weighted by Crippen LogP contribution is -2.22. The molecule has 1 aliphatic rings. The second-order valence-corrected chi connectivity index (χ2v) is 5.72. The van der Waals surface area contributed by atoms with Crippen molar-refractivity contribution < 1.29 is 8.91 Å². The molecule has 1 fully saturated rings. The second kappa shape index (κ2) is 6.39. The van der Waals surface area contributed by atoms with Gasteiger partial charge in [0.1, 0.15) is 17.3 Å². The van der Waals surface area contributed by atoms with Gasteiger partial charge in [-0.15, -0.1) is 0 Å². The Labute approximate surface area is 124 Å². The Morgan fingerprint density at radius 2 is 2.14 bits per heavy atom. The standard InChI is InChI=1S/C17H21FN2O/c1-2-4-15-11-16(19-21-15)17-5-3-10-20(17)12-13-6-8-14(18)9-7-13/h6-9,11,17H,2-5,10,12H2,1H3/t17-/m0/s1. The molecule has 3 nitrogen and oxygen atoms in total. The zero-order valence-corrected chi connectivity index (χ0v) is 12.4. The molecular formula is C17H21FN2O. The zero-order valence-electron chi connectivity index (χ0n) is 12.4. The van der Waals surface area contributed by atoms with Crippen LogP contribution in [0, 0.1) is 5.82 Å². The molecule has 1 aromatic carbocycles. The monoisotopic (exact) mass is 288 g/mol. The molecule has 0 amide bonds. The molecule has 2 heterocycles. The van der Waals surface area contributed by atoms with Crippen molar-refractivity contribution >= 4 is 0 Å². The van der Waals surface area contributed by atoms with Crippen molar-refractivity contribution in [3.63, 3.8) is 0 Å². The molecular weight excluding hydrogens is 267 g/mol. The van der Waals surface area contributed by atoms with E-state index in [4.69, 9.17) is 4.52 Å². The first-order chi connectivity index (χ1) is 10.3. The molecule has 0 aliphatic carbocycles. The summed E-state index contributed by atoms with van der Waals surface area (Å²) in [6.07, 6.45) is 4.29. The van der Waals surface area contributed by atoms with Crippen molar-refractivity contribution in [1.29, 1.82) is 0 Å². The Hall–Kier alpha value is -1.68. The number of halogens is 1. The molecule has 0 spiro atoms. The van der Waals surface area contributed by atoms with Crippen molar-refractivity contribution in [1.82, 2.24) is 10.1 Å². The molecule has 0 radical (unpaired) electrons. The smallest absolute Gasteiger partial charge is 0.137 e. The third-order valence-electron chi connectivity index (χ3n) is 4.08. The van der Waals surface area contributed by atoms with Crippen molar-refractivity contribution in [2.24, 2.45) is 0 Å². The molecule has 1 atom stereocenters. The minimum atomic E-state index is -0.183. The summed E-state index contributed by atoms with van der Waals surface area (Å²) >= 11 is 0. The molecule has 3 rings (SSSR count). The number of rotatable bonds is 5. The first kappa shape index (κ1) is 14.3. The van der Waals surface area contributed by atoms with Gasteiger partial charge in [0.2, 0.25) is 0 Å². The van der Waals surface area contributed by atoms with Gasteiger partial charge in [-0.1, -0.05) is 24.2 Å². The minimum absolute atomic E-state index is 0.183. The summed E-state index contributed by atoms with van der Waals surface area (Å²) in [7, 11) is 0. The van der Waals surface area contributed by atoms with Gasteiger partial charge in [-0.25, -0.2) is 4.39 Å². The number of benzene rings is 1. The summed E-state index contributed by atoms with van der Waals surface area (Å²) in [5.41, 5.74) is 2.18. The van der Waals surface area contributed by atoms with Crippen LogP contribution in [0.3, 0.4) is 0 Å². The Balaban J connectivity index is 1.70. The molecule has 0 bridgehead atoms. The van der Waals surface area contributed by atoms with Crippen molar-refractivity contribution in [2.75, 3.05) is 6.54 Å². The molecule has 0 saturated carbocycles. The maximum Gasteiger partial charge on any atom is 0.137 e. The third kappa shape index (κ3) is 3.32. The van der Waals surface area contributed by atoms with Gasteiger partial charge in [-0.2, -0.15) is 0 Å². The maximum absolute atomic E-state index is 13.0. The van der Waals surface area contributed by atoms with Gasteiger partial charge in [0.15, 0.2) is 0 Å². The van der Waals surface area contributed by atoms with Gasteiger partial charge < -0.3 is 4.52 Å². The summed E-state index contributed by atoms with van der Waals surface area (Å²) < 4.78 is 18.4. The normalized spacial score (nSPS) is 19.2. The number of nitrogens with zero attached hydrogens (tertiary/aromatic N) is 2. The SMILES string of the molecule is CCCc1cc([C@@H]2CCCN2Cc2ccc(F)cc2)no1. The summed E-state index contributed by atoms with van der Waals surface area (Å²) in [4.78, 5) is 2.40. The lowest BCUT2D eigenvalue weighted by Gasteiger charge is -2.22. The van der Waals surface area contributed by atoms with E-state index in [1.54, 1.807) is 0 Å². The van der Waals surface area contributed by atoms with E-state index in [1.165, 1.54) is 18.6 Å². The fourth-order valence-corrected chi connectivity index (χ4v) is 3.02. The molecule has 2 aromatic rings. The van der Waals surface area contributed by atoms with Crippen LogP contribution in [-0.4, -0.2) is 16.6 Å². The molecule has 1 aliphatic heterocycles. The first-order valence-electron chi connectivity index (χ1n) is 7.70. The summed E-state index contributed by atoms with van der Waals surface area (Å²) in [6, 6.07) is 9.18. The minimum Gasteiger partial charge on any atom is -0.361 e. The van der Waals surface area contributed by atoms with Gasteiger partial charge in [0.05, 0.1) is 6.04 Å². The van der Waals surface area contributed by atoms with Crippen LogP contribution >= 0.6 is 0 Å². The Kier molecular flexibility index (Phi) is 4.34. The van der Waals surface area contributed by atoms with Gasteiger partial charge in [-0.05, 0) is 43.5 Å². The van der Waals surface area contributed by atoms with Gasteiger partial charge in [-0.3, -0.25) is 4.90 Å². The maximum atomic E-state index is 13.0. The van der Waals surface area contributed by atoms with Crippen LogP contribution in [-0.2, 0) is 13.0 Å². The van der Waals surface area contributed by atoms with Gasteiger partial charge in [0.25, 0.3) is 0 Å². The summed E-state index contributed by atoms with van der Waals surface area (Å²) in [6.45, 7) is 4.03. The van der Waals surface area contributed by atoms with E-state index in [9.17, 15) is 4.39 Å². The number of hydrogen-bond acceptors (Lipinski definition) is 3. The Bertz CT molecular complexity index is 579. The van der Waals surface area contributed by atoms with Crippen LogP contribution in [0.1, 0.15) is 49.2 Å². The van der Waals surface area contributed by atoms with E-state index in [0.717, 1.165) is 49.4 Å². The largest absolute Gasteiger partial charge is 0.361 e. The Morgan fingerprint density at radius 1 is 1.33 bits per heavy atom. The average Bonchev–Trinajstić information content (AvgIpc) is 3.11. The topological polar surface area (TPSA) is 29.3 Å². The molecule has 1 aromatic heterocycles. The highest BCUT2D eigenvalue weighted by atomic mass is 19.1. The molecule has 0 unspecified atom stereocenters. The number of aryl methyl sites for hydroxylation is 1. The molecule has 4 heteroatoms. The fraction of sp³-hybridized carbons (Fsp3) is 0.471. The van der Waals surface area contributed by atoms with E-state index in [1.807, 2.05) is 12.1 Å². The van der Waals surface area contributed by atoms with Crippen molar-refractivity contribution in [3.8, 4) is 0 Å². The zero-order chi connectivity index (χ0) is 14.7. The average molecular weight is 288 g/mol. The van der Waals surface area contributed by atoms with E-state index < -0.39 is 0 Å². The Morgan fingerprint density at radius 3 is 2.90 bits per heavy atom. The summed E-state index contributed by atoms with van der Waals surface area (Å²) in [5.74, 6) is 0.790. The number of hydrogen-bond donors (Lipinski definition) is 0. The predicted octanol–water partition coefficient (Wildman–Crippen LogP) is 4.10. The number of likely N-dealkylation sites (tertiary alicyclic amines) is 1. The van der Waals surface area contributed by atoms with Crippen molar-refractivity contribution in [3.05, 3.63) is 53.2 Å². The highest BCUT2D eigenvalue weighted by Crippen LogP contribution is 2.32. The quantitative estimate of drug-likeness (QED) is 0.829. The molecule has 0 N–H and O–H groups in total. The summed E-state index contributed by atoms with van der Waals surface area (Å²) in [5, 5.41) is 4.25. The van der Waals surface area contributed by atoms with Crippen LogP contribution in [0.25, 0.3) is 0 Å². The molecule has 112 valence electrons. The van der Waals surface area contributed by atoms with Crippen LogP contribution in [0.2, 0.25) is 0 Å². The van der Waals surface area contributed by atoms with Crippen molar-refractivity contribution in [2.45, 2.75) is 45.2 Å². The van der Waals surface area contributed by atoms with Crippen LogP contribution in [0.15, 0.2) is 34.9 Å². The van der Waals surface area contributed by atoms with E-state index in [-0.39, 0.29) is 5.82 Å². The van der Waals surface area contributed by atoms with E-state index in [0.29, 0.717) is 6.04 Å². The lowest BCUT2D eigenvalue weighted by atomic mass is 10.1. The predicted molar refractivity (Wildman–Crippen MR) is 79.3 cm³/mol. The molecule has 1 saturated heterocycles. The lowest BCUT2D eigenvalue weighted by molar-refractivity contribution is 0.236. The van der Waals surface area contributed by atoms with Gasteiger partial charge in [0, 0.05) is 19.0 Å². The van der Waals surface area contributed by atoms with Crippen LogP contribution < -0.4 is 0 Å². The molecule has 21 heavy (non-hydrogen) atoms. The fourth-order valence-electron chi connectivity index (χ4n) is 3.02. The highest BCUT2D eigenvalue weighted by molar-refractivity contribution is 5.18. The third-order valence-corrected chi connectivity index (χ3v) is 4.08. The first-order valence-corrected chi connectivity index (χ1v) is 7.70. The van der Waals surface area contributed by atoms with E-state index >= 15 is 0 Å². The van der Waals surface area contributed by atoms with E-state index in [2.05, 4.69) is 23.0 Å².